The Balaban J connectivity index is 1.94. The summed E-state index contributed by atoms with van der Waals surface area (Å²) >= 11 is 6.25. The van der Waals surface area contributed by atoms with E-state index < -0.39 is 5.97 Å². The molecule has 0 fully saturated rings. The fourth-order valence-corrected chi connectivity index (χ4v) is 2.85. The highest BCUT2D eigenvalue weighted by atomic mass is 35.5. The van der Waals surface area contributed by atoms with E-state index in [1.54, 1.807) is 49.6 Å². The van der Waals surface area contributed by atoms with Gasteiger partial charge in [-0.2, -0.15) is 0 Å². The fourth-order valence-electron chi connectivity index (χ4n) is 2.56. The standard InChI is InChI=1S/C20H18ClNO5/c1-4-26-17-11-12(9-15(21)18(17)25-3)10-16-20(23)27-19(22-16)13-5-7-14(24-2)8-6-13/h5-11H,4H2,1-3H3. The van der Waals surface area contributed by atoms with Crippen LogP contribution in [0.3, 0.4) is 0 Å². The largest absolute Gasteiger partial charge is 0.497 e. The Kier molecular flexibility index (Phi) is 5.66. The van der Waals surface area contributed by atoms with Gasteiger partial charge in [-0.15, -0.1) is 0 Å². The van der Waals surface area contributed by atoms with E-state index in [1.807, 2.05) is 6.92 Å². The molecule has 1 heterocycles. The Bertz CT molecular complexity index is 919. The number of carbonyl (C=O) groups excluding carboxylic acids is 1. The van der Waals surface area contributed by atoms with Crippen LogP contribution in [0.2, 0.25) is 5.02 Å². The second kappa shape index (κ2) is 8.14. The van der Waals surface area contributed by atoms with Gasteiger partial charge in [0.25, 0.3) is 0 Å². The van der Waals surface area contributed by atoms with Crippen molar-refractivity contribution in [3.8, 4) is 17.2 Å². The molecule has 0 bridgehead atoms. The maximum absolute atomic E-state index is 12.2. The molecule has 0 N–H and O–H groups in total. The molecule has 6 nitrogen and oxygen atoms in total. The van der Waals surface area contributed by atoms with E-state index >= 15 is 0 Å². The molecular formula is C20H18ClNO5. The molecular weight excluding hydrogens is 370 g/mol. The second-order valence-corrected chi connectivity index (χ2v) is 5.94. The topological polar surface area (TPSA) is 66.3 Å². The minimum absolute atomic E-state index is 0.171. The predicted octanol–water partition coefficient (Wildman–Crippen LogP) is 4.10. The number of rotatable bonds is 6. The molecule has 0 atom stereocenters. The monoisotopic (exact) mass is 387 g/mol. The van der Waals surface area contributed by atoms with Crippen molar-refractivity contribution in [3.63, 3.8) is 0 Å². The van der Waals surface area contributed by atoms with Crippen LogP contribution in [-0.4, -0.2) is 32.7 Å². The average Bonchev–Trinajstić information content (AvgIpc) is 3.02. The summed E-state index contributed by atoms with van der Waals surface area (Å²) in [6, 6.07) is 10.5. The lowest BCUT2D eigenvalue weighted by Crippen LogP contribution is -2.05. The Labute approximate surface area is 162 Å². The number of benzene rings is 2. The van der Waals surface area contributed by atoms with Crippen LogP contribution >= 0.6 is 11.6 Å². The Morgan fingerprint density at radius 2 is 1.89 bits per heavy atom. The van der Waals surface area contributed by atoms with Crippen molar-refractivity contribution in [1.82, 2.24) is 0 Å². The highest BCUT2D eigenvalue weighted by Gasteiger charge is 2.24. The first-order valence-electron chi connectivity index (χ1n) is 8.23. The summed E-state index contributed by atoms with van der Waals surface area (Å²) in [4.78, 5) is 16.5. The molecule has 0 spiro atoms. The van der Waals surface area contributed by atoms with Crippen LogP contribution in [0.15, 0.2) is 47.1 Å². The van der Waals surface area contributed by atoms with Crippen molar-refractivity contribution in [2.24, 2.45) is 4.99 Å². The number of aliphatic imine (C=N–C) groups is 1. The van der Waals surface area contributed by atoms with E-state index in [9.17, 15) is 4.79 Å². The van der Waals surface area contributed by atoms with Crippen LogP contribution in [0.25, 0.3) is 6.08 Å². The van der Waals surface area contributed by atoms with Crippen LogP contribution in [0.4, 0.5) is 0 Å². The van der Waals surface area contributed by atoms with Gasteiger partial charge in [-0.3, -0.25) is 0 Å². The quantitative estimate of drug-likeness (QED) is 0.551. The van der Waals surface area contributed by atoms with Gasteiger partial charge in [0.15, 0.2) is 17.2 Å². The molecule has 3 rings (SSSR count). The summed E-state index contributed by atoms with van der Waals surface area (Å²) < 4.78 is 21.2. The van der Waals surface area contributed by atoms with Crippen molar-refractivity contribution in [3.05, 3.63) is 58.2 Å². The smallest absolute Gasteiger partial charge is 0.363 e. The first-order valence-corrected chi connectivity index (χ1v) is 8.60. The molecule has 0 aliphatic carbocycles. The molecule has 140 valence electrons. The number of esters is 1. The molecule has 0 radical (unpaired) electrons. The van der Waals surface area contributed by atoms with Gasteiger partial charge in [-0.25, -0.2) is 9.79 Å². The van der Waals surface area contributed by atoms with Crippen LogP contribution in [0.5, 0.6) is 17.2 Å². The molecule has 1 aliphatic heterocycles. The minimum atomic E-state index is -0.536. The lowest BCUT2D eigenvalue weighted by molar-refractivity contribution is -0.129. The van der Waals surface area contributed by atoms with Gasteiger partial charge in [-0.05, 0) is 55.0 Å². The van der Waals surface area contributed by atoms with Crippen molar-refractivity contribution < 1.29 is 23.7 Å². The molecule has 27 heavy (non-hydrogen) atoms. The van der Waals surface area contributed by atoms with Gasteiger partial charge in [0.2, 0.25) is 5.90 Å². The summed E-state index contributed by atoms with van der Waals surface area (Å²) in [5.74, 6) is 1.34. The van der Waals surface area contributed by atoms with Crippen LogP contribution in [0, 0.1) is 0 Å². The second-order valence-electron chi connectivity index (χ2n) is 5.53. The van der Waals surface area contributed by atoms with E-state index in [4.69, 9.17) is 30.5 Å². The highest BCUT2D eigenvalue weighted by Crippen LogP contribution is 2.37. The van der Waals surface area contributed by atoms with Gasteiger partial charge in [0.05, 0.1) is 25.8 Å². The molecule has 0 unspecified atom stereocenters. The zero-order valence-electron chi connectivity index (χ0n) is 15.1. The minimum Gasteiger partial charge on any atom is -0.497 e. The third-order valence-corrected chi connectivity index (χ3v) is 4.08. The lowest BCUT2D eigenvalue weighted by Gasteiger charge is -2.11. The van der Waals surface area contributed by atoms with Gasteiger partial charge >= 0.3 is 5.97 Å². The fraction of sp³-hybridized carbons (Fsp3) is 0.200. The lowest BCUT2D eigenvalue weighted by atomic mass is 10.1. The average molecular weight is 388 g/mol. The zero-order chi connectivity index (χ0) is 19.4. The molecule has 0 saturated carbocycles. The molecule has 0 amide bonds. The summed E-state index contributed by atoms with van der Waals surface area (Å²) in [6.45, 7) is 2.31. The molecule has 1 aliphatic rings. The number of carbonyl (C=O) groups is 1. The Morgan fingerprint density at radius 3 is 2.52 bits per heavy atom. The molecule has 7 heteroatoms. The van der Waals surface area contributed by atoms with E-state index in [-0.39, 0.29) is 11.6 Å². The van der Waals surface area contributed by atoms with Crippen LogP contribution in [-0.2, 0) is 9.53 Å². The number of methoxy groups -OCH3 is 2. The summed E-state index contributed by atoms with van der Waals surface area (Å²) in [7, 11) is 3.10. The number of nitrogens with zero attached hydrogens (tertiary/aromatic N) is 1. The first-order chi connectivity index (χ1) is 13.0. The third kappa shape index (κ3) is 4.06. The van der Waals surface area contributed by atoms with Crippen LogP contribution < -0.4 is 14.2 Å². The van der Waals surface area contributed by atoms with E-state index in [1.165, 1.54) is 7.11 Å². The highest BCUT2D eigenvalue weighted by molar-refractivity contribution is 6.32. The maximum Gasteiger partial charge on any atom is 0.363 e. The zero-order valence-corrected chi connectivity index (χ0v) is 15.9. The van der Waals surface area contributed by atoms with Gasteiger partial charge in [-0.1, -0.05) is 11.6 Å². The van der Waals surface area contributed by atoms with Crippen molar-refractivity contribution >= 4 is 29.5 Å². The van der Waals surface area contributed by atoms with E-state index in [0.717, 1.165) is 0 Å². The van der Waals surface area contributed by atoms with Gasteiger partial charge in [0, 0.05) is 5.56 Å². The third-order valence-electron chi connectivity index (χ3n) is 3.80. The maximum atomic E-state index is 12.2. The number of halogens is 1. The van der Waals surface area contributed by atoms with Crippen LogP contribution in [0.1, 0.15) is 18.1 Å². The molecule has 0 saturated heterocycles. The van der Waals surface area contributed by atoms with Gasteiger partial charge < -0.3 is 18.9 Å². The van der Waals surface area contributed by atoms with Gasteiger partial charge in [0.1, 0.15) is 5.75 Å². The van der Waals surface area contributed by atoms with E-state index in [2.05, 4.69) is 4.99 Å². The number of cyclic esters (lactones) is 1. The van der Waals surface area contributed by atoms with E-state index in [0.29, 0.717) is 40.0 Å². The molecule has 0 aromatic heterocycles. The first kappa shape index (κ1) is 18.8. The number of hydrogen-bond donors (Lipinski definition) is 0. The summed E-state index contributed by atoms with van der Waals surface area (Å²) in [6.07, 6.45) is 1.59. The molecule has 2 aromatic rings. The summed E-state index contributed by atoms with van der Waals surface area (Å²) in [5, 5.41) is 0.376. The number of ether oxygens (including phenoxy) is 4. The van der Waals surface area contributed by atoms with Crippen molar-refractivity contribution in [2.45, 2.75) is 6.92 Å². The summed E-state index contributed by atoms with van der Waals surface area (Å²) in [5.41, 5.74) is 1.50. The van der Waals surface area contributed by atoms with Crippen molar-refractivity contribution in [2.75, 3.05) is 20.8 Å². The Hall–Kier alpha value is -2.99. The SMILES string of the molecule is CCOc1cc(C=C2N=C(c3ccc(OC)cc3)OC2=O)cc(Cl)c1OC. The number of hydrogen-bond acceptors (Lipinski definition) is 6. The molecule has 2 aromatic carbocycles. The Morgan fingerprint density at radius 1 is 1.15 bits per heavy atom. The van der Waals surface area contributed by atoms with Crippen molar-refractivity contribution in [1.29, 1.82) is 0 Å². The predicted molar refractivity (Wildman–Crippen MR) is 103 cm³/mol. The normalized spacial score (nSPS) is 14.7.